The molecule has 0 aliphatic heterocycles. The molecular weight excluding hydrogens is 362 g/mol. The number of carbonyl (C=O) groups is 1. The molecule has 1 aliphatic rings. The Morgan fingerprint density at radius 1 is 1.30 bits per heavy atom. The molecule has 1 fully saturated rings. The molecule has 4 rings (SSSR count). The van der Waals surface area contributed by atoms with E-state index in [0.29, 0.717) is 28.6 Å². The van der Waals surface area contributed by atoms with Gasteiger partial charge in [-0.3, -0.25) is 10.0 Å². The second kappa shape index (κ2) is 7.43. The van der Waals surface area contributed by atoms with Crippen molar-refractivity contribution in [3.63, 3.8) is 0 Å². The van der Waals surface area contributed by atoms with E-state index in [1.807, 2.05) is 42.5 Å². The van der Waals surface area contributed by atoms with E-state index in [-0.39, 0.29) is 0 Å². The molecule has 1 aliphatic carbocycles. The highest BCUT2D eigenvalue weighted by atomic mass is 35.5. The number of benzene rings is 2. The van der Waals surface area contributed by atoms with Crippen LogP contribution in [0.15, 0.2) is 48.5 Å². The number of hydroxylamine groups is 1. The fourth-order valence-electron chi connectivity index (χ4n) is 3.02. The van der Waals surface area contributed by atoms with Gasteiger partial charge < -0.3 is 0 Å². The number of rotatable bonds is 4. The highest BCUT2D eigenvalue weighted by molar-refractivity contribution is 6.31. The highest BCUT2D eigenvalue weighted by Gasteiger charge is 2.26. The van der Waals surface area contributed by atoms with Crippen LogP contribution in [0.4, 0.5) is 0 Å². The fraction of sp³-hybridized carbons (Fsp3) is 0.238. The van der Waals surface area contributed by atoms with Gasteiger partial charge >= 0.3 is 0 Å². The highest BCUT2D eigenvalue weighted by Crippen LogP contribution is 2.29. The average Bonchev–Trinajstić information content (AvgIpc) is 3.45. The first-order valence-corrected chi connectivity index (χ1v) is 9.20. The molecule has 1 saturated carbocycles. The molecule has 1 aromatic heterocycles. The Bertz CT molecular complexity index is 1050. The minimum atomic E-state index is -0.730. The van der Waals surface area contributed by atoms with Crippen LogP contribution < -0.4 is 5.48 Å². The van der Waals surface area contributed by atoms with Crippen molar-refractivity contribution < 1.29 is 10.0 Å². The summed E-state index contributed by atoms with van der Waals surface area (Å²) in [6, 6.07) is 14.3. The Balaban J connectivity index is 1.84. The van der Waals surface area contributed by atoms with Crippen LogP contribution in [0.25, 0.3) is 10.9 Å². The average molecular weight is 380 g/mol. The van der Waals surface area contributed by atoms with Gasteiger partial charge in [-0.1, -0.05) is 47.9 Å². The molecule has 0 radical (unpaired) electrons. The standard InChI is InChI=1S/C21H18ClN3O2/c22-16-9-10-18-17(13-16)19(11-8-14-6-7-14)25(23-18)20(21(26)24-27)12-15-4-2-1-3-5-15/h1-5,9-10,13-14,20,27H,6-7,12H2,(H,24,26). The quantitative estimate of drug-likeness (QED) is 0.412. The third kappa shape index (κ3) is 3.82. The molecule has 2 N–H and O–H groups in total. The lowest BCUT2D eigenvalue weighted by molar-refractivity contribution is -0.132. The summed E-state index contributed by atoms with van der Waals surface area (Å²) in [6.07, 6.45) is 2.59. The van der Waals surface area contributed by atoms with Gasteiger partial charge in [0.1, 0.15) is 11.7 Å². The molecule has 1 atom stereocenters. The third-order valence-corrected chi connectivity index (χ3v) is 4.85. The first-order chi connectivity index (χ1) is 13.2. The van der Waals surface area contributed by atoms with Crippen molar-refractivity contribution >= 4 is 28.4 Å². The normalized spacial score (nSPS) is 14.4. The summed E-state index contributed by atoms with van der Waals surface area (Å²) >= 11 is 6.17. The topological polar surface area (TPSA) is 67.2 Å². The van der Waals surface area contributed by atoms with Crippen LogP contribution >= 0.6 is 11.6 Å². The maximum absolute atomic E-state index is 12.5. The molecule has 0 spiro atoms. The van der Waals surface area contributed by atoms with E-state index in [1.54, 1.807) is 16.2 Å². The van der Waals surface area contributed by atoms with Gasteiger partial charge in [-0.25, -0.2) is 10.2 Å². The Kier molecular flexibility index (Phi) is 4.85. The molecule has 5 nitrogen and oxygen atoms in total. The second-order valence-corrected chi connectivity index (χ2v) is 7.12. The molecule has 1 heterocycles. The van der Waals surface area contributed by atoms with E-state index in [4.69, 9.17) is 11.6 Å². The summed E-state index contributed by atoms with van der Waals surface area (Å²) in [5.41, 5.74) is 4.09. The summed E-state index contributed by atoms with van der Waals surface area (Å²) in [5, 5.41) is 15.3. The molecule has 0 saturated heterocycles. The van der Waals surface area contributed by atoms with E-state index in [1.165, 1.54) is 0 Å². The monoisotopic (exact) mass is 379 g/mol. The van der Waals surface area contributed by atoms with Gasteiger partial charge in [0.05, 0.1) is 5.52 Å². The lowest BCUT2D eigenvalue weighted by atomic mass is 10.1. The number of fused-ring (bicyclic) bond motifs is 1. The van der Waals surface area contributed by atoms with Gasteiger partial charge in [0.15, 0.2) is 0 Å². The number of amides is 1. The smallest absolute Gasteiger partial charge is 0.268 e. The van der Waals surface area contributed by atoms with Crippen LogP contribution in [0.3, 0.4) is 0 Å². The summed E-state index contributed by atoms with van der Waals surface area (Å²) in [6.45, 7) is 0. The zero-order chi connectivity index (χ0) is 18.8. The van der Waals surface area contributed by atoms with E-state index in [2.05, 4.69) is 16.9 Å². The molecular formula is C21H18ClN3O2. The number of carbonyl (C=O) groups excluding carboxylic acids is 1. The van der Waals surface area contributed by atoms with Crippen LogP contribution in [0.5, 0.6) is 0 Å². The van der Waals surface area contributed by atoms with Crippen LogP contribution in [-0.2, 0) is 11.2 Å². The van der Waals surface area contributed by atoms with E-state index in [9.17, 15) is 10.0 Å². The first-order valence-electron chi connectivity index (χ1n) is 8.83. The lowest BCUT2D eigenvalue weighted by Crippen LogP contribution is -2.33. The number of hydrogen-bond donors (Lipinski definition) is 2. The van der Waals surface area contributed by atoms with Crippen LogP contribution in [0.1, 0.15) is 30.1 Å². The van der Waals surface area contributed by atoms with Crippen LogP contribution in [-0.4, -0.2) is 20.9 Å². The molecule has 1 amide bonds. The SMILES string of the molecule is O=C(NO)C(Cc1ccccc1)n1nc2ccc(Cl)cc2c1C#CC1CC1. The Hall–Kier alpha value is -2.81. The van der Waals surface area contributed by atoms with Gasteiger partial charge in [0, 0.05) is 22.7 Å². The number of hydrogen-bond acceptors (Lipinski definition) is 3. The van der Waals surface area contributed by atoms with E-state index >= 15 is 0 Å². The van der Waals surface area contributed by atoms with Crippen molar-refractivity contribution in [2.75, 3.05) is 0 Å². The van der Waals surface area contributed by atoms with Crippen molar-refractivity contribution in [2.45, 2.75) is 25.3 Å². The minimum Gasteiger partial charge on any atom is -0.289 e. The first kappa shape index (κ1) is 17.6. The molecule has 6 heteroatoms. The van der Waals surface area contributed by atoms with Crippen LogP contribution in [0, 0.1) is 17.8 Å². The van der Waals surface area contributed by atoms with Gasteiger partial charge in [-0.15, -0.1) is 0 Å². The summed E-state index contributed by atoms with van der Waals surface area (Å²) in [7, 11) is 0. The second-order valence-electron chi connectivity index (χ2n) is 6.68. The molecule has 0 bridgehead atoms. The van der Waals surface area contributed by atoms with E-state index in [0.717, 1.165) is 23.8 Å². The van der Waals surface area contributed by atoms with Gasteiger partial charge in [-0.2, -0.15) is 5.10 Å². The maximum atomic E-state index is 12.5. The largest absolute Gasteiger partial charge is 0.289 e. The van der Waals surface area contributed by atoms with Crippen molar-refractivity contribution in [2.24, 2.45) is 5.92 Å². The molecule has 27 heavy (non-hydrogen) atoms. The molecule has 1 unspecified atom stereocenters. The number of nitrogens with one attached hydrogen (secondary N) is 1. The summed E-state index contributed by atoms with van der Waals surface area (Å²) in [4.78, 5) is 12.5. The third-order valence-electron chi connectivity index (χ3n) is 4.61. The summed E-state index contributed by atoms with van der Waals surface area (Å²) < 4.78 is 1.61. The Morgan fingerprint density at radius 3 is 2.78 bits per heavy atom. The molecule has 3 aromatic rings. The van der Waals surface area contributed by atoms with Gasteiger partial charge in [-0.05, 0) is 42.5 Å². The Morgan fingerprint density at radius 2 is 2.07 bits per heavy atom. The van der Waals surface area contributed by atoms with Crippen molar-refractivity contribution in [1.82, 2.24) is 15.3 Å². The van der Waals surface area contributed by atoms with Gasteiger partial charge in [0.25, 0.3) is 5.91 Å². The Labute approximate surface area is 161 Å². The maximum Gasteiger partial charge on any atom is 0.268 e. The minimum absolute atomic E-state index is 0.382. The predicted octanol–water partition coefficient (Wildman–Crippen LogP) is 3.74. The van der Waals surface area contributed by atoms with Crippen molar-refractivity contribution in [3.8, 4) is 11.8 Å². The predicted molar refractivity (Wildman–Crippen MR) is 103 cm³/mol. The van der Waals surface area contributed by atoms with Crippen molar-refractivity contribution in [1.29, 1.82) is 0 Å². The zero-order valence-electron chi connectivity index (χ0n) is 14.5. The molecule has 2 aromatic carbocycles. The summed E-state index contributed by atoms with van der Waals surface area (Å²) in [5.74, 6) is 6.31. The lowest BCUT2D eigenvalue weighted by Gasteiger charge is -2.17. The van der Waals surface area contributed by atoms with E-state index < -0.39 is 11.9 Å². The van der Waals surface area contributed by atoms with Crippen LogP contribution in [0.2, 0.25) is 5.02 Å². The number of aromatic nitrogens is 2. The number of halogens is 1. The fourth-order valence-corrected chi connectivity index (χ4v) is 3.20. The van der Waals surface area contributed by atoms with Crippen molar-refractivity contribution in [3.05, 3.63) is 64.8 Å². The zero-order valence-corrected chi connectivity index (χ0v) is 15.3. The van der Waals surface area contributed by atoms with Gasteiger partial charge in [0.2, 0.25) is 0 Å². The number of nitrogens with zero attached hydrogens (tertiary/aromatic N) is 2. The molecule has 136 valence electrons.